The fourth-order valence-electron chi connectivity index (χ4n) is 2.25. The highest BCUT2D eigenvalue weighted by Gasteiger charge is 2.27. The van der Waals surface area contributed by atoms with Crippen LogP contribution in [0, 0.1) is 13.8 Å². The Morgan fingerprint density at radius 1 is 1.47 bits per heavy atom. The third-order valence-electron chi connectivity index (χ3n) is 3.29. The molecule has 0 bridgehead atoms. The molecule has 2 amide bonds. The number of benzene rings is 1. The Morgan fingerprint density at radius 2 is 2.26 bits per heavy atom. The molecule has 102 valence electrons. The highest BCUT2D eigenvalue weighted by Crippen LogP contribution is 2.16. The largest absolute Gasteiger partial charge is 0.345 e. The molecule has 5 heteroatoms. The number of nitrogens with two attached hydrogens (primary N) is 1. The van der Waals surface area contributed by atoms with Gasteiger partial charge in [-0.1, -0.05) is 17.7 Å². The van der Waals surface area contributed by atoms with E-state index in [1.54, 1.807) is 0 Å². The summed E-state index contributed by atoms with van der Waals surface area (Å²) in [7, 11) is 0. The Hall–Kier alpha value is -1.88. The third-order valence-corrected chi connectivity index (χ3v) is 3.29. The average Bonchev–Trinajstić information content (AvgIpc) is 2.36. The van der Waals surface area contributed by atoms with Crippen LogP contribution in [0.1, 0.15) is 17.5 Å². The van der Waals surface area contributed by atoms with Crippen LogP contribution in [0.25, 0.3) is 0 Å². The zero-order chi connectivity index (χ0) is 13.8. The van der Waals surface area contributed by atoms with Gasteiger partial charge in [-0.2, -0.15) is 0 Å². The summed E-state index contributed by atoms with van der Waals surface area (Å²) in [6.45, 7) is 5.48. The molecular formula is C14H20N3O2+. The van der Waals surface area contributed by atoms with Gasteiger partial charge >= 0.3 is 0 Å². The Morgan fingerprint density at radius 3 is 2.95 bits per heavy atom. The summed E-state index contributed by atoms with van der Waals surface area (Å²) in [6.07, 6.45) is 0.207. The molecule has 1 saturated heterocycles. The lowest BCUT2D eigenvalue weighted by molar-refractivity contribution is -0.678. The number of anilines is 1. The minimum absolute atomic E-state index is 0.0537. The molecule has 1 heterocycles. The van der Waals surface area contributed by atoms with E-state index >= 15 is 0 Å². The van der Waals surface area contributed by atoms with E-state index in [0.717, 1.165) is 23.4 Å². The van der Waals surface area contributed by atoms with Crippen LogP contribution < -0.4 is 16.0 Å². The molecular weight excluding hydrogens is 242 g/mol. The van der Waals surface area contributed by atoms with Crippen LogP contribution in [0.15, 0.2) is 18.2 Å². The van der Waals surface area contributed by atoms with Crippen molar-refractivity contribution in [3.8, 4) is 0 Å². The highest BCUT2D eigenvalue weighted by atomic mass is 16.2. The smallest absolute Gasteiger partial charge is 0.278 e. The van der Waals surface area contributed by atoms with Gasteiger partial charge in [0.15, 0.2) is 6.04 Å². The topological polar surface area (TPSA) is 74.8 Å². The van der Waals surface area contributed by atoms with Crippen molar-refractivity contribution in [3.63, 3.8) is 0 Å². The van der Waals surface area contributed by atoms with Crippen molar-refractivity contribution in [2.75, 3.05) is 18.4 Å². The molecule has 2 rings (SSSR count). The van der Waals surface area contributed by atoms with Gasteiger partial charge in [-0.3, -0.25) is 9.59 Å². The second-order valence-corrected chi connectivity index (χ2v) is 4.99. The predicted octanol–water partition coefficient (Wildman–Crippen LogP) is -0.306. The summed E-state index contributed by atoms with van der Waals surface area (Å²) in [5.41, 5.74) is 3.01. The van der Waals surface area contributed by atoms with Gasteiger partial charge in [-0.25, -0.2) is 0 Å². The first-order chi connectivity index (χ1) is 9.06. The highest BCUT2D eigenvalue weighted by molar-refractivity contribution is 5.95. The summed E-state index contributed by atoms with van der Waals surface area (Å²) in [4.78, 5) is 23.5. The Bertz CT molecular complexity index is 499. The first-order valence-electron chi connectivity index (χ1n) is 6.54. The van der Waals surface area contributed by atoms with Gasteiger partial charge in [0.05, 0.1) is 19.5 Å². The Kier molecular flexibility index (Phi) is 4.16. The SMILES string of the molecule is Cc1ccc(NC(=O)C[C@@H]2[NH2+]CCNC2=O)c(C)c1. The standard InChI is InChI=1S/C14H19N3O2/c1-9-3-4-11(10(2)7-9)17-13(18)8-12-14(19)16-6-5-15-12/h3-4,7,12,15H,5-6,8H2,1-2H3,(H,16,19)(H,17,18)/p+1/t12-/m0/s1. The fraction of sp³-hybridized carbons (Fsp3) is 0.429. The predicted molar refractivity (Wildman–Crippen MR) is 72.8 cm³/mol. The van der Waals surface area contributed by atoms with E-state index < -0.39 is 0 Å². The molecule has 19 heavy (non-hydrogen) atoms. The molecule has 0 aliphatic carbocycles. The van der Waals surface area contributed by atoms with E-state index in [-0.39, 0.29) is 24.3 Å². The molecule has 0 unspecified atom stereocenters. The van der Waals surface area contributed by atoms with Crippen LogP contribution in [0.2, 0.25) is 0 Å². The van der Waals surface area contributed by atoms with Crippen molar-refractivity contribution in [2.24, 2.45) is 0 Å². The van der Waals surface area contributed by atoms with Gasteiger partial charge < -0.3 is 16.0 Å². The second-order valence-electron chi connectivity index (χ2n) is 4.99. The van der Waals surface area contributed by atoms with Crippen molar-refractivity contribution in [1.82, 2.24) is 5.32 Å². The van der Waals surface area contributed by atoms with E-state index in [1.165, 1.54) is 0 Å². The van der Waals surface area contributed by atoms with Crippen LogP contribution >= 0.6 is 0 Å². The van der Waals surface area contributed by atoms with Crippen LogP contribution in [0.4, 0.5) is 5.69 Å². The maximum absolute atomic E-state index is 12.0. The number of rotatable bonds is 3. The number of hydrogen-bond acceptors (Lipinski definition) is 2. The normalized spacial score (nSPS) is 18.8. The zero-order valence-electron chi connectivity index (χ0n) is 11.3. The minimum Gasteiger partial charge on any atom is -0.345 e. The zero-order valence-corrected chi connectivity index (χ0v) is 11.3. The molecule has 4 N–H and O–H groups in total. The molecule has 0 radical (unpaired) electrons. The summed E-state index contributed by atoms with van der Waals surface area (Å²) in [5.74, 6) is -0.174. The van der Waals surface area contributed by atoms with E-state index in [0.29, 0.717) is 6.54 Å². The molecule has 5 nitrogen and oxygen atoms in total. The number of piperazine rings is 1. The number of hydrogen-bond donors (Lipinski definition) is 3. The molecule has 1 aromatic rings. The minimum atomic E-state index is -0.306. The fourth-order valence-corrected chi connectivity index (χ4v) is 2.25. The molecule has 1 atom stereocenters. The summed E-state index contributed by atoms with van der Waals surface area (Å²) in [6, 6.07) is 5.57. The van der Waals surface area contributed by atoms with Gasteiger partial charge in [0.2, 0.25) is 5.91 Å². The third kappa shape index (κ3) is 3.54. The summed E-state index contributed by atoms with van der Waals surface area (Å²) >= 11 is 0. The van der Waals surface area contributed by atoms with Gasteiger partial charge in [-0.15, -0.1) is 0 Å². The Balaban J connectivity index is 1.95. The lowest BCUT2D eigenvalue weighted by Gasteiger charge is -2.20. The maximum atomic E-state index is 12.0. The first-order valence-corrected chi connectivity index (χ1v) is 6.54. The van der Waals surface area contributed by atoms with Gasteiger partial charge in [0.25, 0.3) is 5.91 Å². The van der Waals surface area contributed by atoms with Gasteiger partial charge in [0, 0.05) is 5.69 Å². The molecule has 1 fully saturated rings. The monoisotopic (exact) mass is 262 g/mol. The summed E-state index contributed by atoms with van der Waals surface area (Å²) < 4.78 is 0. The number of nitrogens with one attached hydrogen (secondary N) is 2. The first kappa shape index (κ1) is 13.5. The number of quaternary nitrogens is 1. The van der Waals surface area contributed by atoms with Crippen molar-refractivity contribution in [3.05, 3.63) is 29.3 Å². The van der Waals surface area contributed by atoms with Crippen molar-refractivity contribution in [2.45, 2.75) is 26.3 Å². The molecule has 0 saturated carbocycles. The van der Waals surface area contributed by atoms with Crippen molar-refractivity contribution >= 4 is 17.5 Å². The molecule has 0 aromatic heterocycles. The van der Waals surface area contributed by atoms with Gasteiger partial charge in [0.1, 0.15) is 0 Å². The number of amides is 2. The average molecular weight is 262 g/mol. The number of aryl methyl sites for hydroxylation is 2. The lowest BCUT2D eigenvalue weighted by Crippen LogP contribution is -2.96. The Labute approximate surface area is 112 Å². The second kappa shape index (κ2) is 5.84. The summed E-state index contributed by atoms with van der Waals surface area (Å²) in [5, 5.41) is 7.55. The number of carbonyl (C=O) groups excluding carboxylic acids is 2. The van der Waals surface area contributed by atoms with Gasteiger partial charge in [-0.05, 0) is 25.5 Å². The molecule has 1 aromatic carbocycles. The maximum Gasteiger partial charge on any atom is 0.278 e. The quantitative estimate of drug-likeness (QED) is 0.699. The molecule has 0 spiro atoms. The van der Waals surface area contributed by atoms with E-state index in [4.69, 9.17) is 0 Å². The molecule has 1 aliphatic heterocycles. The van der Waals surface area contributed by atoms with Crippen LogP contribution in [-0.4, -0.2) is 30.9 Å². The van der Waals surface area contributed by atoms with E-state index in [1.807, 2.05) is 37.4 Å². The van der Waals surface area contributed by atoms with Crippen LogP contribution in [0.5, 0.6) is 0 Å². The number of carbonyl (C=O) groups is 2. The van der Waals surface area contributed by atoms with Crippen molar-refractivity contribution in [1.29, 1.82) is 0 Å². The van der Waals surface area contributed by atoms with Crippen LogP contribution in [0.3, 0.4) is 0 Å². The van der Waals surface area contributed by atoms with E-state index in [9.17, 15) is 9.59 Å². The van der Waals surface area contributed by atoms with Crippen molar-refractivity contribution < 1.29 is 14.9 Å². The van der Waals surface area contributed by atoms with Crippen LogP contribution in [-0.2, 0) is 9.59 Å². The molecule has 1 aliphatic rings. The lowest BCUT2D eigenvalue weighted by atomic mass is 10.1. The van der Waals surface area contributed by atoms with E-state index in [2.05, 4.69) is 10.6 Å².